The number of carbonyl (C=O) groups excluding carboxylic acids is 3. The van der Waals surface area contributed by atoms with Gasteiger partial charge in [-0.3, -0.25) is 9.59 Å². The van der Waals surface area contributed by atoms with Crippen LogP contribution in [0.4, 0.5) is 0 Å². The van der Waals surface area contributed by atoms with Gasteiger partial charge in [0.15, 0.2) is 6.29 Å². The minimum absolute atomic E-state index is 0.0242. The molecule has 2 fully saturated rings. The van der Waals surface area contributed by atoms with Crippen molar-refractivity contribution < 1.29 is 47.6 Å². The van der Waals surface area contributed by atoms with Crippen molar-refractivity contribution in [2.75, 3.05) is 13.2 Å². The van der Waals surface area contributed by atoms with Gasteiger partial charge in [0.25, 0.3) is 11.8 Å². The number of benzene rings is 4. The Morgan fingerprint density at radius 1 is 0.569 bits per heavy atom. The molecular formula is C40H41NO10. The molecule has 11 heteroatoms. The number of ether oxygens (including phenoxy) is 6. The SMILES string of the molecule is O=C(CO[C@@H]1OC(COCc2ccccc2)[C@H](OCc2ccccc2)[C@H](OCc2ccccc2)C1OCc1ccccc1)ON1C(=O)CCC1=O. The minimum atomic E-state index is -1.16. The molecule has 51 heavy (non-hydrogen) atoms. The maximum atomic E-state index is 12.9. The Balaban J connectivity index is 1.27. The van der Waals surface area contributed by atoms with E-state index in [2.05, 4.69) is 0 Å². The summed E-state index contributed by atoms with van der Waals surface area (Å²) < 4.78 is 38.6. The fourth-order valence-corrected chi connectivity index (χ4v) is 5.82. The van der Waals surface area contributed by atoms with Crippen LogP contribution in [-0.2, 0) is 74.1 Å². The quantitative estimate of drug-likeness (QED) is 0.135. The molecule has 0 aromatic heterocycles. The fourth-order valence-electron chi connectivity index (χ4n) is 5.82. The smallest absolute Gasteiger partial charge is 0.358 e. The van der Waals surface area contributed by atoms with Crippen molar-refractivity contribution in [2.24, 2.45) is 0 Å². The number of hydrogen-bond donors (Lipinski definition) is 0. The molecule has 2 heterocycles. The summed E-state index contributed by atoms with van der Waals surface area (Å²) in [5.41, 5.74) is 3.78. The number of amides is 2. The molecule has 5 atom stereocenters. The third-order valence-corrected chi connectivity index (χ3v) is 8.41. The van der Waals surface area contributed by atoms with Crippen molar-refractivity contribution in [1.82, 2.24) is 5.06 Å². The Morgan fingerprint density at radius 2 is 1.00 bits per heavy atom. The van der Waals surface area contributed by atoms with Gasteiger partial charge < -0.3 is 33.3 Å². The number of hydrogen-bond acceptors (Lipinski definition) is 10. The summed E-state index contributed by atoms with van der Waals surface area (Å²) in [6.07, 6.45) is -4.29. The Hall–Kier alpha value is -4.75. The van der Waals surface area contributed by atoms with Crippen LogP contribution in [0.15, 0.2) is 121 Å². The van der Waals surface area contributed by atoms with Crippen LogP contribution in [-0.4, -0.2) is 66.8 Å². The van der Waals surface area contributed by atoms with Crippen LogP contribution in [0.2, 0.25) is 0 Å². The Morgan fingerprint density at radius 3 is 1.49 bits per heavy atom. The van der Waals surface area contributed by atoms with Crippen molar-refractivity contribution in [3.63, 3.8) is 0 Å². The Labute approximate surface area is 296 Å². The standard InChI is InChI=1S/C40H41NO10/c42-34-21-22-35(43)41(34)51-36(44)28-49-40-39(48-26-32-19-11-4-12-20-32)38(47-25-31-17-9-3-10-18-31)37(46-24-30-15-7-2-8-16-30)33(50-40)27-45-23-29-13-5-1-6-14-29/h1-20,33,37-40H,21-28H2/t33?,37-,38-,39?,40+/m0/s1. The second kappa shape index (κ2) is 18.5. The van der Waals surface area contributed by atoms with Crippen LogP contribution in [0.25, 0.3) is 0 Å². The normalized spacial score (nSPS) is 21.9. The molecule has 4 aromatic rings. The maximum absolute atomic E-state index is 12.9. The summed E-state index contributed by atoms with van der Waals surface area (Å²) >= 11 is 0. The first-order chi connectivity index (χ1) is 25.0. The zero-order valence-electron chi connectivity index (χ0n) is 28.1. The molecule has 0 bridgehead atoms. The second-order valence-electron chi connectivity index (χ2n) is 12.2. The van der Waals surface area contributed by atoms with Gasteiger partial charge >= 0.3 is 5.97 Å². The Bertz CT molecular complexity index is 1660. The molecule has 2 saturated heterocycles. The van der Waals surface area contributed by atoms with Gasteiger partial charge in [0.1, 0.15) is 31.0 Å². The monoisotopic (exact) mass is 695 g/mol. The summed E-state index contributed by atoms with van der Waals surface area (Å²) in [6, 6.07) is 38.9. The molecule has 6 rings (SSSR count). The van der Waals surface area contributed by atoms with Crippen LogP contribution >= 0.6 is 0 Å². The van der Waals surface area contributed by atoms with Crippen molar-refractivity contribution in [2.45, 2.75) is 70.0 Å². The average molecular weight is 696 g/mol. The lowest BCUT2D eigenvalue weighted by atomic mass is 9.97. The highest BCUT2D eigenvalue weighted by Gasteiger charge is 2.49. The van der Waals surface area contributed by atoms with Gasteiger partial charge in [-0.1, -0.05) is 121 Å². The lowest BCUT2D eigenvalue weighted by Gasteiger charge is -2.45. The van der Waals surface area contributed by atoms with Crippen LogP contribution in [0.3, 0.4) is 0 Å². The summed E-state index contributed by atoms with van der Waals surface area (Å²) in [6.45, 7) is 0.467. The van der Waals surface area contributed by atoms with E-state index in [4.69, 9.17) is 33.3 Å². The zero-order chi connectivity index (χ0) is 35.3. The summed E-state index contributed by atoms with van der Waals surface area (Å²) in [7, 11) is 0. The first-order valence-electron chi connectivity index (χ1n) is 17.0. The zero-order valence-corrected chi connectivity index (χ0v) is 28.1. The average Bonchev–Trinajstić information content (AvgIpc) is 3.49. The Kier molecular flexibility index (Phi) is 13.1. The highest BCUT2D eigenvalue weighted by Crippen LogP contribution is 2.32. The third kappa shape index (κ3) is 10.4. The van der Waals surface area contributed by atoms with E-state index < -0.39 is 55.1 Å². The van der Waals surface area contributed by atoms with E-state index >= 15 is 0 Å². The van der Waals surface area contributed by atoms with E-state index in [1.54, 1.807) is 0 Å². The number of rotatable bonds is 17. The van der Waals surface area contributed by atoms with E-state index in [-0.39, 0.29) is 39.3 Å². The van der Waals surface area contributed by atoms with E-state index in [9.17, 15) is 14.4 Å². The number of imide groups is 1. The van der Waals surface area contributed by atoms with E-state index in [0.717, 1.165) is 22.3 Å². The van der Waals surface area contributed by atoms with E-state index in [1.807, 2.05) is 121 Å². The van der Waals surface area contributed by atoms with Crippen molar-refractivity contribution in [3.05, 3.63) is 144 Å². The van der Waals surface area contributed by atoms with Crippen LogP contribution in [0.5, 0.6) is 0 Å². The molecule has 0 saturated carbocycles. The molecule has 2 aliphatic heterocycles. The largest absolute Gasteiger partial charge is 0.374 e. The van der Waals surface area contributed by atoms with E-state index in [1.165, 1.54) is 0 Å². The topological polar surface area (TPSA) is 119 Å². The molecule has 4 aromatic carbocycles. The summed E-state index contributed by atoms with van der Waals surface area (Å²) in [4.78, 5) is 42.1. The molecule has 266 valence electrons. The highest BCUT2D eigenvalue weighted by molar-refractivity contribution is 6.01. The van der Waals surface area contributed by atoms with Gasteiger partial charge in [-0.2, -0.15) is 0 Å². The maximum Gasteiger partial charge on any atom is 0.358 e. The first kappa shape index (κ1) is 36.1. The second-order valence-corrected chi connectivity index (χ2v) is 12.2. The molecule has 11 nitrogen and oxygen atoms in total. The van der Waals surface area contributed by atoms with Gasteiger partial charge in [-0.25, -0.2) is 4.79 Å². The van der Waals surface area contributed by atoms with Gasteiger partial charge in [-0.05, 0) is 22.3 Å². The number of nitrogens with zero attached hydrogens (tertiary/aromatic N) is 1. The molecule has 0 radical (unpaired) electrons. The van der Waals surface area contributed by atoms with Crippen LogP contribution in [0, 0.1) is 0 Å². The summed E-state index contributed by atoms with van der Waals surface area (Å²) in [5, 5.41) is 0.482. The van der Waals surface area contributed by atoms with Crippen molar-refractivity contribution in [3.8, 4) is 0 Å². The minimum Gasteiger partial charge on any atom is -0.374 e. The van der Waals surface area contributed by atoms with Gasteiger partial charge in [0.2, 0.25) is 0 Å². The van der Waals surface area contributed by atoms with Crippen LogP contribution in [0.1, 0.15) is 35.1 Å². The number of hydroxylamine groups is 2. The molecule has 0 spiro atoms. The van der Waals surface area contributed by atoms with Gasteiger partial charge in [0.05, 0.1) is 33.0 Å². The molecule has 2 unspecified atom stereocenters. The first-order valence-corrected chi connectivity index (χ1v) is 17.0. The van der Waals surface area contributed by atoms with Crippen molar-refractivity contribution in [1.29, 1.82) is 0 Å². The lowest BCUT2D eigenvalue weighted by molar-refractivity contribution is -0.328. The molecule has 0 aliphatic carbocycles. The predicted molar refractivity (Wildman–Crippen MR) is 183 cm³/mol. The molecule has 2 amide bonds. The van der Waals surface area contributed by atoms with Gasteiger partial charge in [0, 0.05) is 12.8 Å². The summed E-state index contributed by atoms with van der Waals surface area (Å²) in [5.74, 6) is -2.12. The molecule has 2 aliphatic rings. The number of carbonyl (C=O) groups is 3. The predicted octanol–water partition coefficient (Wildman–Crippen LogP) is 5.31. The molecule has 0 N–H and O–H groups in total. The van der Waals surface area contributed by atoms with E-state index in [0.29, 0.717) is 11.7 Å². The third-order valence-electron chi connectivity index (χ3n) is 8.41. The highest BCUT2D eigenvalue weighted by atomic mass is 16.8. The van der Waals surface area contributed by atoms with Gasteiger partial charge in [-0.15, -0.1) is 5.06 Å². The fraction of sp³-hybridized carbons (Fsp3) is 0.325. The van der Waals surface area contributed by atoms with Crippen LogP contribution < -0.4 is 0 Å². The van der Waals surface area contributed by atoms with Crippen molar-refractivity contribution >= 4 is 17.8 Å². The molecular weight excluding hydrogens is 654 g/mol. The lowest BCUT2D eigenvalue weighted by Crippen LogP contribution is -2.62.